The summed E-state index contributed by atoms with van der Waals surface area (Å²) in [7, 11) is 1.90. The van der Waals surface area contributed by atoms with Crippen molar-refractivity contribution in [2.75, 3.05) is 36.6 Å². The van der Waals surface area contributed by atoms with E-state index in [2.05, 4.69) is 25.4 Å². The highest BCUT2D eigenvalue weighted by atomic mass is 16.5. The van der Waals surface area contributed by atoms with Crippen LogP contribution in [0.2, 0.25) is 0 Å². The van der Waals surface area contributed by atoms with Crippen LogP contribution in [0.4, 0.5) is 11.8 Å². The van der Waals surface area contributed by atoms with Gasteiger partial charge in [0.05, 0.1) is 13.2 Å². The monoisotopic (exact) mass is 464 g/mol. The van der Waals surface area contributed by atoms with Gasteiger partial charge in [0.1, 0.15) is 11.5 Å². The molecular weight excluding hydrogens is 436 g/mol. The lowest BCUT2D eigenvalue weighted by atomic mass is 9.86. The van der Waals surface area contributed by atoms with Crippen molar-refractivity contribution in [2.45, 2.75) is 32.1 Å². The van der Waals surface area contributed by atoms with Crippen LogP contribution in [-0.4, -0.2) is 67.6 Å². The van der Waals surface area contributed by atoms with Gasteiger partial charge in [-0.25, -0.2) is 15.2 Å². The fourth-order valence-electron chi connectivity index (χ4n) is 4.65. The number of anilines is 2. The largest absolute Gasteiger partial charge is 0.477 e. The van der Waals surface area contributed by atoms with E-state index >= 15 is 0 Å². The molecule has 11 nitrogen and oxygen atoms in total. The molecule has 1 saturated heterocycles. The number of fused-ring (bicyclic) bond motifs is 1. The van der Waals surface area contributed by atoms with Gasteiger partial charge in [-0.3, -0.25) is 4.98 Å². The van der Waals surface area contributed by atoms with E-state index in [4.69, 9.17) is 14.7 Å². The third-order valence-electron chi connectivity index (χ3n) is 6.44. The summed E-state index contributed by atoms with van der Waals surface area (Å²) in [4.78, 5) is 32.3. The number of nitrogens with zero attached hydrogens (tertiary/aromatic N) is 7. The van der Waals surface area contributed by atoms with Crippen molar-refractivity contribution < 1.29 is 14.6 Å². The van der Waals surface area contributed by atoms with Gasteiger partial charge in [-0.1, -0.05) is 19.3 Å². The predicted molar refractivity (Wildman–Crippen MR) is 128 cm³/mol. The Morgan fingerprint density at radius 1 is 1.12 bits per heavy atom. The highest BCUT2D eigenvalue weighted by Crippen LogP contribution is 2.30. The first kappa shape index (κ1) is 22.2. The average Bonchev–Trinajstić information content (AvgIpc) is 3.21. The third-order valence-corrected chi connectivity index (χ3v) is 6.44. The second-order valence-electron chi connectivity index (χ2n) is 8.62. The first-order chi connectivity index (χ1) is 16.6. The molecule has 5 rings (SSSR count). The fourth-order valence-corrected chi connectivity index (χ4v) is 4.65. The van der Waals surface area contributed by atoms with E-state index < -0.39 is 5.97 Å². The second kappa shape index (κ2) is 9.72. The number of carboxylic acids is 1. The van der Waals surface area contributed by atoms with Crippen LogP contribution in [0.5, 0.6) is 0 Å². The summed E-state index contributed by atoms with van der Waals surface area (Å²) in [6.45, 7) is 2.56. The average molecular weight is 465 g/mol. The zero-order valence-electron chi connectivity index (χ0n) is 19.1. The Morgan fingerprint density at radius 2 is 1.85 bits per heavy atom. The van der Waals surface area contributed by atoms with Crippen molar-refractivity contribution in [1.29, 1.82) is 0 Å². The number of hydrogen-bond donors (Lipinski definition) is 2. The Morgan fingerprint density at radius 3 is 2.56 bits per heavy atom. The molecule has 1 aliphatic carbocycles. The highest BCUT2D eigenvalue weighted by Gasteiger charge is 2.26. The van der Waals surface area contributed by atoms with Gasteiger partial charge in [0, 0.05) is 44.0 Å². The second-order valence-corrected chi connectivity index (χ2v) is 8.62. The molecule has 0 bridgehead atoms. The number of nitrogens with one attached hydrogen (secondary N) is 1. The van der Waals surface area contributed by atoms with Crippen LogP contribution in [0.15, 0.2) is 29.6 Å². The first-order valence-electron chi connectivity index (χ1n) is 11.7. The summed E-state index contributed by atoms with van der Waals surface area (Å²) in [6, 6.07) is 3.80. The van der Waals surface area contributed by atoms with Crippen molar-refractivity contribution in [2.24, 2.45) is 18.1 Å². The molecule has 3 aromatic heterocycles. The van der Waals surface area contributed by atoms with E-state index in [0.717, 1.165) is 43.5 Å². The van der Waals surface area contributed by atoms with Gasteiger partial charge in [-0.15, -0.1) is 0 Å². The van der Waals surface area contributed by atoms with E-state index in [1.54, 1.807) is 12.4 Å². The molecule has 3 aromatic rings. The van der Waals surface area contributed by atoms with Crippen LogP contribution in [-0.2, 0) is 16.6 Å². The van der Waals surface area contributed by atoms with E-state index in [9.17, 15) is 9.90 Å². The molecule has 0 atom stereocenters. The summed E-state index contributed by atoms with van der Waals surface area (Å²) in [6.07, 6.45) is 8.30. The first-order valence-corrected chi connectivity index (χ1v) is 11.7. The molecule has 1 aliphatic heterocycles. The van der Waals surface area contributed by atoms with Crippen LogP contribution >= 0.6 is 0 Å². The zero-order chi connectivity index (χ0) is 23.5. The van der Waals surface area contributed by atoms with Crippen LogP contribution in [0.1, 0.15) is 32.1 Å². The summed E-state index contributed by atoms with van der Waals surface area (Å²) >= 11 is 0. The minimum Gasteiger partial charge on any atom is -0.477 e. The van der Waals surface area contributed by atoms with Crippen molar-refractivity contribution in [1.82, 2.24) is 24.5 Å². The summed E-state index contributed by atoms with van der Waals surface area (Å²) in [5.41, 5.74) is 5.21. The number of imidazole rings is 1. The lowest BCUT2D eigenvalue weighted by Gasteiger charge is -2.28. The normalized spacial score (nSPS) is 17.8. The number of aryl methyl sites for hydroxylation is 1. The Bertz CT molecular complexity index is 1200. The molecule has 0 spiro atoms. The number of hydrogen-bond acceptors (Lipinski definition) is 9. The number of aromatic nitrogens is 5. The Hall–Kier alpha value is -3.60. The van der Waals surface area contributed by atoms with Crippen molar-refractivity contribution in [3.63, 3.8) is 0 Å². The van der Waals surface area contributed by atoms with Crippen LogP contribution in [0, 0.1) is 5.92 Å². The summed E-state index contributed by atoms with van der Waals surface area (Å²) in [5, 5.41) is 14.0. The van der Waals surface area contributed by atoms with Gasteiger partial charge in [-0.05, 0) is 25.0 Å². The van der Waals surface area contributed by atoms with Gasteiger partial charge < -0.3 is 19.3 Å². The molecule has 178 valence electrons. The van der Waals surface area contributed by atoms with Gasteiger partial charge >= 0.3 is 5.97 Å². The van der Waals surface area contributed by atoms with Crippen molar-refractivity contribution >= 4 is 34.6 Å². The molecule has 4 heterocycles. The van der Waals surface area contributed by atoms with E-state index in [0.29, 0.717) is 43.3 Å². The molecular formula is C23H28N8O3. The van der Waals surface area contributed by atoms with Crippen molar-refractivity contribution in [3.8, 4) is 11.4 Å². The topological polar surface area (TPSA) is 131 Å². The third kappa shape index (κ3) is 4.43. The maximum absolute atomic E-state index is 11.9. The molecule has 2 aliphatic rings. The Balaban J connectivity index is 1.56. The minimum atomic E-state index is -1.01. The van der Waals surface area contributed by atoms with Gasteiger partial charge in [0.15, 0.2) is 17.0 Å². The molecule has 0 unspecified atom stereocenters. The van der Waals surface area contributed by atoms with E-state index in [1.807, 2.05) is 23.7 Å². The highest BCUT2D eigenvalue weighted by molar-refractivity contribution is 6.36. The zero-order valence-corrected chi connectivity index (χ0v) is 19.1. The van der Waals surface area contributed by atoms with E-state index in [-0.39, 0.29) is 17.6 Å². The number of carbonyl (C=O) groups is 1. The smallest absolute Gasteiger partial charge is 0.352 e. The summed E-state index contributed by atoms with van der Waals surface area (Å²) < 4.78 is 7.42. The number of aliphatic carboxylic acids is 1. The molecule has 0 radical (unpaired) electrons. The lowest BCUT2D eigenvalue weighted by Crippen LogP contribution is -2.37. The number of morpholine rings is 1. The van der Waals surface area contributed by atoms with Crippen LogP contribution < -0.4 is 10.3 Å². The van der Waals surface area contributed by atoms with Gasteiger partial charge in [0.2, 0.25) is 5.95 Å². The van der Waals surface area contributed by atoms with Crippen LogP contribution in [0.3, 0.4) is 0 Å². The number of ether oxygens (including phenoxy) is 1. The molecule has 2 N–H and O–H groups in total. The van der Waals surface area contributed by atoms with Gasteiger partial charge in [0.25, 0.3) is 0 Å². The minimum absolute atomic E-state index is 0.0591. The number of pyridine rings is 1. The fraction of sp³-hybridized carbons (Fsp3) is 0.478. The predicted octanol–water partition coefficient (Wildman–Crippen LogP) is 2.69. The quantitative estimate of drug-likeness (QED) is 0.417. The van der Waals surface area contributed by atoms with Gasteiger partial charge in [-0.2, -0.15) is 15.1 Å². The molecule has 0 aromatic carbocycles. The Labute approximate surface area is 196 Å². The number of hydrazone groups is 1. The molecule has 2 fully saturated rings. The summed E-state index contributed by atoms with van der Waals surface area (Å²) in [5.74, 6) is 0.602. The lowest BCUT2D eigenvalue weighted by molar-refractivity contribution is -0.129. The maximum atomic E-state index is 11.9. The van der Waals surface area contributed by atoms with E-state index in [1.165, 1.54) is 0 Å². The van der Waals surface area contributed by atoms with Crippen LogP contribution in [0.25, 0.3) is 22.6 Å². The number of rotatable bonds is 6. The molecule has 11 heteroatoms. The standard InChI is InChI=1S/C23H28N8O3/c1-30-19(16-7-9-24-10-8-16)25-18-20(30)26-23(27-21(18)31-11-13-34-14-12-31)29-28-17(22(32)33)15-5-3-2-4-6-15/h7-10,15H,2-6,11-14H2,1H3,(H,32,33)(H,26,27,29)/b28-17+. The Kier molecular flexibility index (Phi) is 6.35. The SMILES string of the molecule is Cn1c(-c2ccncc2)nc2c(N3CCOCC3)nc(N/N=C(/C(=O)O)C3CCCCC3)nc21. The molecule has 0 amide bonds. The number of carboxylic acid groups (broad SMARTS) is 1. The maximum Gasteiger partial charge on any atom is 0.352 e. The molecule has 1 saturated carbocycles. The molecule has 34 heavy (non-hydrogen) atoms. The van der Waals surface area contributed by atoms with Crippen molar-refractivity contribution in [3.05, 3.63) is 24.5 Å².